The van der Waals surface area contributed by atoms with Crippen LogP contribution in [-0.4, -0.2) is 79.8 Å². The summed E-state index contributed by atoms with van der Waals surface area (Å²) in [5.74, 6) is -0.981. The Morgan fingerprint density at radius 1 is 0.596 bits per heavy atom. The summed E-state index contributed by atoms with van der Waals surface area (Å²) in [5.41, 5.74) is -1.23. The number of hydrogen-bond acceptors (Lipinski definition) is 14. The number of pyridine rings is 2. The average Bonchev–Trinajstić information content (AvgIpc) is 3.98. The molecular formula is C37H30N4O16. The lowest BCUT2D eigenvalue weighted by atomic mass is 10.1. The molecule has 0 saturated heterocycles. The average molecular weight is 787 g/mol. The molecule has 294 valence electrons. The van der Waals surface area contributed by atoms with Gasteiger partial charge in [0.2, 0.25) is 42.4 Å². The van der Waals surface area contributed by atoms with E-state index >= 15 is 0 Å². The molecular weight excluding hydrogens is 756 g/mol. The smallest absolute Gasteiger partial charge is 0.360 e. The highest BCUT2D eigenvalue weighted by Crippen LogP contribution is 2.37. The number of nitrogens with zero attached hydrogens (tertiary/aromatic N) is 4. The van der Waals surface area contributed by atoms with Crippen LogP contribution >= 0.6 is 0 Å². The molecule has 3 aromatic heterocycles. The third kappa shape index (κ3) is 6.68. The number of aromatic carboxylic acids is 3. The number of aryl methyl sites for hydroxylation is 2. The maximum Gasteiger partial charge on any atom is 0.360 e. The van der Waals surface area contributed by atoms with Gasteiger partial charge in [-0.1, -0.05) is 0 Å². The van der Waals surface area contributed by atoms with Gasteiger partial charge in [-0.2, -0.15) is 9.83 Å². The van der Waals surface area contributed by atoms with E-state index in [2.05, 4.69) is 5.10 Å². The number of rotatable bonds is 6. The minimum Gasteiger partial charge on any atom is -0.477 e. The monoisotopic (exact) mass is 786 g/mol. The Hall–Kier alpha value is -7.77. The van der Waals surface area contributed by atoms with Crippen LogP contribution in [0.15, 0.2) is 63.2 Å². The summed E-state index contributed by atoms with van der Waals surface area (Å²) in [6.07, 6.45) is 2.49. The molecule has 0 radical (unpaired) electrons. The molecule has 0 aliphatic carbocycles. The summed E-state index contributed by atoms with van der Waals surface area (Å²) in [5, 5.41) is 31.7. The van der Waals surface area contributed by atoms with Gasteiger partial charge in [-0.3, -0.25) is 19.1 Å². The second-order valence-electron chi connectivity index (χ2n) is 12.1. The Kier molecular flexibility index (Phi) is 9.75. The van der Waals surface area contributed by atoms with E-state index < -0.39 is 39.9 Å². The van der Waals surface area contributed by atoms with Crippen molar-refractivity contribution in [1.29, 1.82) is 0 Å². The van der Waals surface area contributed by atoms with Gasteiger partial charge in [-0.25, -0.2) is 14.4 Å². The number of carboxylic acid groups (broad SMARTS) is 3. The van der Waals surface area contributed by atoms with Crippen LogP contribution in [0.1, 0.15) is 45.1 Å². The molecule has 0 unspecified atom stereocenters. The first kappa shape index (κ1) is 37.5. The van der Waals surface area contributed by atoms with Gasteiger partial charge < -0.3 is 53.1 Å². The Morgan fingerprint density at radius 3 is 1.46 bits per heavy atom. The fourth-order valence-electron chi connectivity index (χ4n) is 6.24. The van der Waals surface area contributed by atoms with Crippen molar-refractivity contribution in [2.24, 2.45) is 0 Å². The number of ether oxygens (including phenoxy) is 6. The standard InChI is InChI=1S/C13H11NO5.C12H10N2O5.C12H9NO6/c1-2-14-5-8(13(16)17)12(15)7-3-10-11(4-9(7)14)19-6-18-10;1-2-14-7-4-9-8(18-5-19-9)3-6(7)11(15)10(13-14)12(16)17;1-17-13-4-7(12(15)16)11(14)6-2-9-10(3-8(6)13)19-5-18-9/h3-5H,2,6H2,1H3,(H,16,17);3-4H,2,5H2,1H3,(H,16,17);2-4H,5H2,1H3,(H,15,16). The van der Waals surface area contributed by atoms with Crippen molar-refractivity contribution in [1.82, 2.24) is 19.1 Å². The summed E-state index contributed by atoms with van der Waals surface area (Å²) in [6.45, 7) is 4.95. The number of benzene rings is 3. The highest BCUT2D eigenvalue weighted by molar-refractivity contribution is 5.95. The zero-order valence-electron chi connectivity index (χ0n) is 30.1. The van der Waals surface area contributed by atoms with E-state index in [9.17, 15) is 28.8 Å². The summed E-state index contributed by atoms with van der Waals surface area (Å²) in [4.78, 5) is 74.6. The van der Waals surface area contributed by atoms with Crippen LogP contribution in [0.2, 0.25) is 0 Å². The molecule has 0 bridgehead atoms. The summed E-state index contributed by atoms with van der Waals surface area (Å²) < 4.78 is 35.7. The largest absolute Gasteiger partial charge is 0.477 e. The minimum absolute atomic E-state index is 0.0681. The van der Waals surface area contributed by atoms with Crippen LogP contribution in [0, 0.1) is 0 Å². The number of aromatic nitrogens is 4. The normalized spacial score (nSPS) is 12.8. The lowest BCUT2D eigenvalue weighted by Gasteiger charge is -2.10. The second kappa shape index (κ2) is 14.8. The quantitative estimate of drug-likeness (QED) is 0.219. The van der Waals surface area contributed by atoms with Crippen LogP contribution in [0.5, 0.6) is 34.5 Å². The number of carbonyl (C=O) groups is 3. The van der Waals surface area contributed by atoms with Crippen molar-refractivity contribution in [2.75, 3.05) is 27.5 Å². The molecule has 20 nitrogen and oxygen atoms in total. The highest BCUT2D eigenvalue weighted by Gasteiger charge is 2.23. The molecule has 3 N–H and O–H groups in total. The van der Waals surface area contributed by atoms with Crippen molar-refractivity contribution in [3.8, 4) is 34.5 Å². The van der Waals surface area contributed by atoms with E-state index in [0.29, 0.717) is 69.5 Å². The van der Waals surface area contributed by atoms with Crippen molar-refractivity contribution < 1.29 is 63.0 Å². The first-order valence-corrected chi connectivity index (χ1v) is 16.9. The molecule has 3 aromatic carbocycles. The van der Waals surface area contributed by atoms with Crippen molar-refractivity contribution in [2.45, 2.75) is 26.9 Å². The van der Waals surface area contributed by atoms with Crippen LogP contribution in [-0.2, 0) is 13.1 Å². The topological polar surface area (TPSA) is 255 Å². The zero-order chi connectivity index (χ0) is 40.7. The first-order chi connectivity index (χ1) is 27.3. The summed E-state index contributed by atoms with van der Waals surface area (Å²) in [7, 11) is 1.38. The maximum atomic E-state index is 12.1. The summed E-state index contributed by atoms with van der Waals surface area (Å²) in [6, 6.07) is 9.42. The SMILES string of the molecule is CCn1cc(C(=O)O)c(=O)c2cc3c(cc21)OCO3.CCn1nc(C(=O)O)c(=O)c2cc3c(cc21)OCO3.COn1cc(C(=O)O)c(=O)c2cc3c(cc21)OCO3. The molecule has 9 rings (SSSR count). The van der Waals surface area contributed by atoms with Gasteiger partial charge in [0.25, 0.3) is 0 Å². The van der Waals surface area contributed by atoms with Gasteiger partial charge in [0, 0.05) is 37.5 Å². The van der Waals surface area contributed by atoms with Gasteiger partial charge in [0.15, 0.2) is 34.5 Å². The third-order valence-electron chi connectivity index (χ3n) is 8.99. The lowest BCUT2D eigenvalue weighted by molar-refractivity contribution is 0.0677. The molecule has 0 fully saturated rings. The fraction of sp³-hybridized carbons (Fsp3) is 0.216. The van der Waals surface area contributed by atoms with E-state index in [4.69, 9.17) is 48.6 Å². The molecule has 6 heterocycles. The Bertz CT molecular complexity index is 2550. The molecule has 0 saturated carbocycles. The Labute approximate surface area is 317 Å². The predicted octanol–water partition coefficient (Wildman–Crippen LogP) is 2.78. The fourth-order valence-corrected chi connectivity index (χ4v) is 6.24. The number of fused-ring (bicyclic) bond motifs is 6. The molecule has 6 aromatic rings. The van der Waals surface area contributed by atoms with Crippen LogP contribution in [0.3, 0.4) is 0 Å². The molecule has 20 heteroatoms. The van der Waals surface area contributed by atoms with E-state index in [0.717, 1.165) is 6.20 Å². The van der Waals surface area contributed by atoms with Crippen molar-refractivity contribution >= 4 is 50.6 Å². The Balaban J connectivity index is 0.000000131. The van der Waals surface area contributed by atoms with Gasteiger partial charge >= 0.3 is 17.9 Å². The molecule has 0 spiro atoms. The lowest BCUT2D eigenvalue weighted by Crippen LogP contribution is -2.22. The summed E-state index contributed by atoms with van der Waals surface area (Å²) >= 11 is 0. The number of hydrogen-bond donors (Lipinski definition) is 3. The highest BCUT2D eigenvalue weighted by atomic mass is 16.7. The zero-order valence-corrected chi connectivity index (χ0v) is 30.1. The van der Waals surface area contributed by atoms with E-state index in [1.807, 2.05) is 13.8 Å². The maximum absolute atomic E-state index is 12.1. The second-order valence-corrected chi connectivity index (χ2v) is 12.1. The Morgan fingerprint density at radius 2 is 1.02 bits per heavy atom. The van der Waals surface area contributed by atoms with Crippen LogP contribution in [0.25, 0.3) is 32.7 Å². The van der Waals surface area contributed by atoms with Crippen LogP contribution < -0.4 is 49.5 Å². The van der Waals surface area contributed by atoms with E-state index in [-0.39, 0.29) is 42.3 Å². The van der Waals surface area contributed by atoms with Crippen molar-refractivity contribution in [3.05, 3.63) is 96.3 Å². The van der Waals surface area contributed by atoms with E-state index in [1.165, 1.54) is 34.9 Å². The number of carboxylic acids is 3. The van der Waals surface area contributed by atoms with Crippen molar-refractivity contribution in [3.63, 3.8) is 0 Å². The van der Waals surface area contributed by atoms with Gasteiger partial charge in [0.1, 0.15) is 18.2 Å². The van der Waals surface area contributed by atoms with E-state index in [1.54, 1.807) is 28.8 Å². The molecule has 0 amide bonds. The minimum atomic E-state index is -1.34. The first-order valence-electron chi connectivity index (χ1n) is 16.9. The van der Waals surface area contributed by atoms with Crippen LogP contribution in [0.4, 0.5) is 0 Å². The predicted molar refractivity (Wildman–Crippen MR) is 196 cm³/mol. The molecule has 0 atom stereocenters. The third-order valence-corrected chi connectivity index (χ3v) is 8.99. The van der Waals surface area contributed by atoms with Gasteiger partial charge in [0.05, 0.1) is 38.9 Å². The molecule has 3 aliphatic rings. The molecule has 57 heavy (non-hydrogen) atoms. The molecule has 3 aliphatic heterocycles. The van der Waals surface area contributed by atoms with Gasteiger partial charge in [-0.15, -0.1) is 0 Å². The van der Waals surface area contributed by atoms with Gasteiger partial charge in [-0.05, 0) is 32.0 Å².